The molecule has 0 heterocycles. The highest BCUT2D eigenvalue weighted by atomic mass is 16.1. The minimum Gasteiger partial charge on any atom is -0.299 e. The number of hydrogen-bond donors (Lipinski definition) is 0. The summed E-state index contributed by atoms with van der Waals surface area (Å²) in [5, 5.41) is 0. The van der Waals surface area contributed by atoms with Gasteiger partial charge in [0.05, 0.1) is 0 Å². The van der Waals surface area contributed by atoms with Gasteiger partial charge >= 0.3 is 0 Å². The summed E-state index contributed by atoms with van der Waals surface area (Å²) >= 11 is 0. The summed E-state index contributed by atoms with van der Waals surface area (Å²) in [7, 11) is 0. The van der Waals surface area contributed by atoms with Crippen molar-refractivity contribution in [2.75, 3.05) is 0 Å². The predicted molar refractivity (Wildman–Crippen MR) is 43.8 cm³/mol. The average Bonchev–Trinajstić information content (AvgIpc) is 1.97. The van der Waals surface area contributed by atoms with Gasteiger partial charge in [0, 0.05) is 0 Å². The second-order valence-electron chi connectivity index (χ2n) is 1.74. The summed E-state index contributed by atoms with van der Waals surface area (Å²) in [6, 6.07) is 0. The van der Waals surface area contributed by atoms with Gasteiger partial charge in [-0.3, -0.25) is 4.79 Å². The highest BCUT2D eigenvalue weighted by molar-refractivity contribution is 5.65. The van der Waals surface area contributed by atoms with Gasteiger partial charge in [-0.15, -0.1) is 0 Å². The maximum Gasteiger partial charge on any atom is 0.142 e. The molecule has 0 aromatic heterocycles. The van der Waals surface area contributed by atoms with Gasteiger partial charge in [0.15, 0.2) is 0 Å². The Bertz CT molecular complexity index is 152. The van der Waals surface area contributed by atoms with Crippen LogP contribution >= 0.6 is 0 Å². The average molecular weight is 136 g/mol. The van der Waals surface area contributed by atoms with Gasteiger partial charge in [-0.25, -0.2) is 0 Å². The van der Waals surface area contributed by atoms with Crippen LogP contribution < -0.4 is 0 Å². The van der Waals surface area contributed by atoms with E-state index in [2.05, 4.69) is 6.92 Å². The lowest BCUT2D eigenvalue weighted by molar-refractivity contribution is -0.104. The molecule has 0 atom stereocenters. The number of hydrogen-bond acceptors (Lipinski definition) is 1. The van der Waals surface area contributed by atoms with E-state index in [1.807, 2.05) is 24.3 Å². The molecule has 0 radical (unpaired) electrons. The van der Waals surface area contributed by atoms with Gasteiger partial charge in [0.2, 0.25) is 0 Å². The lowest BCUT2D eigenvalue weighted by Gasteiger charge is -1.72. The fourth-order valence-electron chi connectivity index (χ4n) is 0.452. The Kier molecular flexibility index (Phi) is 7.01. The SMILES string of the molecule is CC/C=C/C=CC=CC=O. The molecule has 1 nitrogen and oxygen atoms in total. The molecule has 0 saturated heterocycles. The maximum absolute atomic E-state index is 9.76. The summed E-state index contributed by atoms with van der Waals surface area (Å²) in [5.74, 6) is 0. The molecule has 10 heavy (non-hydrogen) atoms. The highest BCUT2D eigenvalue weighted by Gasteiger charge is 1.62. The molecule has 0 aliphatic rings. The van der Waals surface area contributed by atoms with Crippen molar-refractivity contribution in [3.8, 4) is 0 Å². The number of carbonyl (C=O) groups is 1. The zero-order valence-electron chi connectivity index (χ0n) is 6.16. The van der Waals surface area contributed by atoms with Crippen molar-refractivity contribution in [3.63, 3.8) is 0 Å². The molecule has 0 saturated carbocycles. The lowest BCUT2D eigenvalue weighted by Crippen LogP contribution is -1.56. The zero-order chi connectivity index (χ0) is 7.66. The first-order valence-corrected chi connectivity index (χ1v) is 3.35. The molecule has 0 spiro atoms. The van der Waals surface area contributed by atoms with Crippen LogP contribution in [0.2, 0.25) is 0 Å². The Labute approximate surface area is 61.8 Å². The Hall–Kier alpha value is -1.11. The van der Waals surface area contributed by atoms with Crippen LogP contribution in [0.4, 0.5) is 0 Å². The quantitative estimate of drug-likeness (QED) is 0.329. The van der Waals surface area contributed by atoms with Crippen LogP contribution in [-0.4, -0.2) is 6.29 Å². The van der Waals surface area contributed by atoms with E-state index in [9.17, 15) is 4.79 Å². The molecule has 0 aromatic rings. The van der Waals surface area contributed by atoms with Gasteiger partial charge < -0.3 is 0 Å². The van der Waals surface area contributed by atoms with E-state index in [4.69, 9.17) is 0 Å². The molecular formula is C9H12O. The number of rotatable bonds is 4. The molecular weight excluding hydrogens is 124 g/mol. The van der Waals surface area contributed by atoms with Crippen molar-refractivity contribution in [1.82, 2.24) is 0 Å². The molecule has 0 amide bonds. The standard InChI is InChI=1S/C9H12O/c1-2-3-4-5-6-7-8-9-10/h3-9H,2H2,1H3/b4-3+,6-5?,8-7?. The molecule has 0 fully saturated rings. The monoisotopic (exact) mass is 136 g/mol. The third-order valence-electron chi connectivity index (χ3n) is 0.895. The second kappa shape index (κ2) is 7.89. The number of allylic oxidation sites excluding steroid dienone is 6. The third kappa shape index (κ3) is 6.89. The van der Waals surface area contributed by atoms with Crippen LogP contribution in [-0.2, 0) is 4.79 Å². The molecule has 0 aromatic carbocycles. The number of carbonyl (C=O) groups excluding carboxylic acids is 1. The van der Waals surface area contributed by atoms with E-state index in [1.54, 1.807) is 6.08 Å². The molecule has 0 N–H and O–H groups in total. The van der Waals surface area contributed by atoms with Crippen molar-refractivity contribution in [1.29, 1.82) is 0 Å². The van der Waals surface area contributed by atoms with Crippen LogP contribution in [0.1, 0.15) is 13.3 Å². The van der Waals surface area contributed by atoms with E-state index in [0.717, 1.165) is 12.7 Å². The Balaban J connectivity index is 3.46. The smallest absolute Gasteiger partial charge is 0.142 e. The third-order valence-corrected chi connectivity index (χ3v) is 0.895. The molecule has 0 bridgehead atoms. The van der Waals surface area contributed by atoms with Crippen molar-refractivity contribution in [2.24, 2.45) is 0 Å². The normalized spacial score (nSPS) is 12.1. The van der Waals surface area contributed by atoms with Crippen LogP contribution in [0.25, 0.3) is 0 Å². The summed E-state index contributed by atoms with van der Waals surface area (Å²) < 4.78 is 0. The number of aldehydes is 1. The Morgan fingerprint density at radius 2 is 1.60 bits per heavy atom. The second-order valence-corrected chi connectivity index (χ2v) is 1.74. The van der Waals surface area contributed by atoms with Crippen molar-refractivity contribution in [2.45, 2.75) is 13.3 Å². The predicted octanol–water partition coefficient (Wildman–Crippen LogP) is 2.26. The molecule has 0 aliphatic carbocycles. The van der Waals surface area contributed by atoms with Gasteiger partial charge in [0.25, 0.3) is 0 Å². The molecule has 0 aliphatic heterocycles. The van der Waals surface area contributed by atoms with Gasteiger partial charge in [-0.1, -0.05) is 37.3 Å². The van der Waals surface area contributed by atoms with Crippen molar-refractivity contribution >= 4 is 6.29 Å². The summed E-state index contributed by atoms with van der Waals surface area (Å²) in [5.41, 5.74) is 0. The van der Waals surface area contributed by atoms with E-state index >= 15 is 0 Å². The molecule has 0 unspecified atom stereocenters. The minimum absolute atomic E-state index is 0.758. The topological polar surface area (TPSA) is 17.1 Å². The van der Waals surface area contributed by atoms with E-state index < -0.39 is 0 Å². The molecule has 0 rings (SSSR count). The first kappa shape index (κ1) is 8.89. The molecule has 1 heteroatoms. The largest absolute Gasteiger partial charge is 0.299 e. The zero-order valence-corrected chi connectivity index (χ0v) is 6.16. The van der Waals surface area contributed by atoms with Gasteiger partial charge in [-0.2, -0.15) is 0 Å². The molecule has 54 valence electrons. The van der Waals surface area contributed by atoms with Crippen LogP contribution in [0, 0.1) is 0 Å². The first-order chi connectivity index (χ1) is 4.91. The Morgan fingerprint density at radius 1 is 1.00 bits per heavy atom. The van der Waals surface area contributed by atoms with Crippen LogP contribution in [0.5, 0.6) is 0 Å². The maximum atomic E-state index is 9.76. The van der Waals surface area contributed by atoms with Crippen LogP contribution in [0.15, 0.2) is 36.5 Å². The highest BCUT2D eigenvalue weighted by Crippen LogP contribution is 1.81. The summed E-state index contributed by atoms with van der Waals surface area (Å²) in [6.07, 6.45) is 12.7. The first-order valence-electron chi connectivity index (χ1n) is 3.35. The summed E-state index contributed by atoms with van der Waals surface area (Å²) in [4.78, 5) is 9.76. The summed E-state index contributed by atoms with van der Waals surface area (Å²) in [6.45, 7) is 2.08. The fraction of sp³-hybridized carbons (Fsp3) is 0.222. The van der Waals surface area contributed by atoms with E-state index in [1.165, 1.54) is 6.08 Å². The van der Waals surface area contributed by atoms with Crippen molar-refractivity contribution in [3.05, 3.63) is 36.5 Å². The minimum atomic E-state index is 0.758. The lowest BCUT2D eigenvalue weighted by atomic mass is 10.4. The van der Waals surface area contributed by atoms with Gasteiger partial charge in [-0.05, 0) is 12.5 Å². The van der Waals surface area contributed by atoms with E-state index in [-0.39, 0.29) is 0 Å². The van der Waals surface area contributed by atoms with Crippen LogP contribution in [0.3, 0.4) is 0 Å². The van der Waals surface area contributed by atoms with Gasteiger partial charge in [0.1, 0.15) is 6.29 Å². The van der Waals surface area contributed by atoms with Crippen molar-refractivity contribution < 1.29 is 4.79 Å². The van der Waals surface area contributed by atoms with E-state index in [0.29, 0.717) is 0 Å². The fourth-order valence-corrected chi connectivity index (χ4v) is 0.452. The Morgan fingerprint density at radius 3 is 2.20 bits per heavy atom.